The van der Waals surface area contributed by atoms with Crippen LogP contribution in [0, 0.1) is 11.6 Å². The number of amides is 1. The Morgan fingerprint density at radius 2 is 2.12 bits per heavy atom. The third kappa shape index (κ3) is 2.79. The Morgan fingerprint density at radius 1 is 1.41 bits per heavy atom. The van der Waals surface area contributed by atoms with Crippen LogP contribution in [0.25, 0.3) is 0 Å². The fraction of sp³-hybridized carbons (Fsp3) is 0.417. The lowest BCUT2D eigenvalue weighted by Crippen LogP contribution is -2.53. The topological polar surface area (TPSA) is 40.5 Å². The van der Waals surface area contributed by atoms with Gasteiger partial charge in [0.2, 0.25) is 5.91 Å². The van der Waals surface area contributed by atoms with Gasteiger partial charge in [0.1, 0.15) is 11.6 Å². The average Bonchev–Trinajstić information content (AvgIpc) is 2.26. The van der Waals surface area contributed by atoms with E-state index in [4.69, 9.17) is 5.11 Å². The summed E-state index contributed by atoms with van der Waals surface area (Å²) < 4.78 is 26.1. The summed E-state index contributed by atoms with van der Waals surface area (Å²) in [6.45, 7) is 0.676. The van der Waals surface area contributed by atoms with E-state index >= 15 is 0 Å². The number of benzene rings is 1. The van der Waals surface area contributed by atoms with E-state index in [1.54, 1.807) is 0 Å². The highest BCUT2D eigenvalue weighted by atomic mass is 19.1. The van der Waals surface area contributed by atoms with Crippen LogP contribution in [0.2, 0.25) is 0 Å². The van der Waals surface area contributed by atoms with Gasteiger partial charge >= 0.3 is 0 Å². The Labute approximate surface area is 97.7 Å². The highest BCUT2D eigenvalue weighted by Crippen LogP contribution is 2.14. The first-order valence-electron chi connectivity index (χ1n) is 5.46. The number of hydrogen-bond donors (Lipinski definition) is 1. The Morgan fingerprint density at radius 3 is 2.76 bits per heavy atom. The van der Waals surface area contributed by atoms with E-state index in [-0.39, 0.29) is 24.3 Å². The van der Waals surface area contributed by atoms with Gasteiger partial charge in [0.05, 0.1) is 6.10 Å². The highest BCUT2D eigenvalue weighted by molar-refractivity contribution is 5.77. The van der Waals surface area contributed by atoms with Gasteiger partial charge in [-0.15, -0.1) is 0 Å². The van der Waals surface area contributed by atoms with Crippen molar-refractivity contribution in [2.24, 2.45) is 0 Å². The summed E-state index contributed by atoms with van der Waals surface area (Å²) in [5.41, 5.74) is 0.208. The normalized spacial score (nSPS) is 15.8. The molecule has 0 bridgehead atoms. The van der Waals surface area contributed by atoms with Gasteiger partial charge in [-0.3, -0.25) is 4.79 Å². The minimum atomic E-state index is -0.506. The van der Waals surface area contributed by atoms with Crippen molar-refractivity contribution in [3.63, 3.8) is 0 Å². The quantitative estimate of drug-likeness (QED) is 0.861. The van der Waals surface area contributed by atoms with Crippen molar-refractivity contribution in [1.29, 1.82) is 0 Å². The van der Waals surface area contributed by atoms with E-state index < -0.39 is 17.7 Å². The van der Waals surface area contributed by atoms with E-state index in [9.17, 15) is 13.6 Å². The summed E-state index contributed by atoms with van der Waals surface area (Å²) in [4.78, 5) is 13.0. The van der Waals surface area contributed by atoms with Crippen LogP contribution in [0.15, 0.2) is 18.2 Å². The predicted molar refractivity (Wildman–Crippen MR) is 57.3 cm³/mol. The van der Waals surface area contributed by atoms with E-state index in [2.05, 4.69) is 0 Å². The molecular formula is C12H13F2NO2. The molecule has 1 aromatic rings. The number of carbonyl (C=O) groups is 1. The van der Waals surface area contributed by atoms with Crippen molar-refractivity contribution in [2.75, 3.05) is 13.1 Å². The van der Waals surface area contributed by atoms with Crippen LogP contribution in [-0.4, -0.2) is 35.1 Å². The van der Waals surface area contributed by atoms with Crippen LogP contribution in [-0.2, 0) is 11.2 Å². The molecule has 2 rings (SSSR count). The van der Waals surface area contributed by atoms with E-state index in [1.165, 1.54) is 4.90 Å². The zero-order valence-corrected chi connectivity index (χ0v) is 9.20. The van der Waals surface area contributed by atoms with E-state index in [0.717, 1.165) is 18.2 Å². The Hall–Kier alpha value is -1.49. The summed E-state index contributed by atoms with van der Waals surface area (Å²) in [6, 6.07) is 3.21. The third-order valence-electron chi connectivity index (χ3n) is 2.83. The third-order valence-corrected chi connectivity index (χ3v) is 2.83. The first-order valence-corrected chi connectivity index (χ1v) is 5.46. The maximum absolute atomic E-state index is 13.2. The summed E-state index contributed by atoms with van der Waals surface area (Å²) in [5, 5.41) is 9.03. The number of β-amino-alcohol motifs (C(OH)–C–C–N with tert-alkyl or cyclic N) is 1. The van der Waals surface area contributed by atoms with Crippen LogP contribution in [0.5, 0.6) is 0 Å². The van der Waals surface area contributed by atoms with Crippen LogP contribution >= 0.6 is 0 Å². The van der Waals surface area contributed by atoms with Crippen LogP contribution < -0.4 is 0 Å². The highest BCUT2D eigenvalue weighted by Gasteiger charge is 2.28. The Bertz CT molecular complexity index is 431. The number of aryl methyl sites for hydroxylation is 1. The fourth-order valence-corrected chi connectivity index (χ4v) is 1.79. The van der Waals surface area contributed by atoms with Gasteiger partial charge < -0.3 is 10.0 Å². The molecule has 1 aromatic carbocycles. The molecule has 0 spiro atoms. The fourth-order valence-electron chi connectivity index (χ4n) is 1.79. The van der Waals surface area contributed by atoms with E-state index in [0.29, 0.717) is 13.1 Å². The van der Waals surface area contributed by atoms with Gasteiger partial charge in [0.25, 0.3) is 0 Å². The maximum atomic E-state index is 13.2. The number of aliphatic hydroxyl groups excluding tert-OH is 1. The number of carbonyl (C=O) groups excluding carboxylic acids is 1. The molecule has 1 amide bonds. The van der Waals surface area contributed by atoms with Crippen molar-refractivity contribution in [3.05, 3.63) is 35.4 Å². The molecule has 0 unspecified atom stereocenters. The molecule has 1 saturated heterocycles. The van der Waals surface area contributed by atoms with Gasteiger partial charge in [-0.05, 0) is 30.2 Å². The lowest BCUT2D eigenvalue weighted by molar-refractivity contribution is -0.141. The maximum Gasteiger partial charge on any atom is 0.223 e. The molecule has 0 saturated carbocycles. The average molecular weight is 241 g/mol. The van der Waals surface area contributed by atoms with E-state index in [1.807, 2.05) is 0 Å². The zero-order chi connectivity index (χ0) is 12.4. The van der Waals surface area contributed by atoms with Crippen LogP contribution in [0.3, 0.4) is 0 Å². The van der Waals surface area contributed by atoms with Crippen LogP contribution in [0.4, 0.5) is 8.78 Å². The first kappa shape index (κ1) is 12.0. The molecule has 17 heavy (non-hydrogen) atoms. The van der Waals surface area contributed by atoms with Crippen LogP contribution in [0.1, 0.15) is 12.0 Å². The molecule has 0 aromatic heterocycles. The predicted octanol–water partition coefficient (Wildman–Crippen LogP) is 1.10. The van der Waals surface area contributed by atoms with Crippen molar-refractivity contribution in [3.8, 4) is 0 Å². The summed E-state index contributed by atoms with van der Waals surface area (Å²) in [5.74, 6) is -1.14. The molecule has 3 nitrogen and oxygen atoms in total. The molecule has 1 fully saturated rings. The smallest absolute Gasteiger partial charge is 0.223 e. The summed E-state index contributed by atoms with van der Waals surface area (Å²) in [6.07, 6.45) is -0.132. The van der Waals surface area contributed by atoms with Crippen molar-refractivity contribution >= 4 is 5.91 Å². The number of halogens is 2. The SMILES string of the molecule is O=C(CCc1cc(F)ccc1F)N1CC(O)C1. The second-order valence-corrected chi connectivity index (χ2v) is 4.19. The molecule has 92 valence electrons. The lowest BCUT2D eigenvalue weighted by atomic mass is 10.1. The number of likely N-dealkylation sites (tertiary alicyclic amines) is 1. The van der Waals surface area contributed by atoms with Gasteiger partial charge in [0, 0.05) is 19.5 Å². The molecule has 1 aliphatic rings. The van der Waals surface area contributed by atoms with Gasteiger partial charge in [-0.2, -0.15) is 0 Å². The molecule has 1 heterocycles. The molecular weight excluding hydrogens is 228 g/mol. The lowest BCUT2D eigenvalue weighted by Gasteiger charge is -2.35. The van der Waals surface area contributed by atoms with Gasteiger partial charge in [-0.25, -0.2) is 8.78 Å². The van der Waals surface area contributed by atoms with Crippen molar-refractivity contribution in [2.45, 2.75) is 18.9 Å². The molecule has 0 aliphatic carbocycles. The number of rotatable bonds is 3. The molecule has 0 atom stereocenters. The second kappa shape index (κ2) is 4.79. The Balaban J connectivity index is 1.89. The largest absolute Gasteiger partial charge is 0.389 e. The standard InChI is InChI=1S/C12H13F2NO2/c13-9-2-3-11(14)8(5-9)1-4-12(17)15-6-10(16)7-15/h2-3,5,10,16H,1,4,6-7H2. The number of hydrogen-bond acceptors (Lipinski definition) is 2. The zero-order valence-electron chi connectivity index (χ0n) is 9.20. The number of nitrogens with zero attached hydrogens (tertiary/aromatic N) is 1. The Kier molecular flexibility index (Phi) is 3.38. The van der Waals surface area contributed by atoms with Gasteiger partial charge in [0.15, 0.2) is 0 Å². The number of aliphatic hydroxyl groups is 1. The summed E-state index contributed by atoms with van der Waals surface area (Å²) in [7, 11) is 0. The van der Waals surface area contributed by atoms with Crippen molar-refractivity contribution < 1.29 is 18.7 Å². The second-order valence-electron chi connectivity index (χ2n) is 4.19. The first-order chi connectivity index (χ1) is 8.06. The minimum absolute atomic E-state index is 0.132. The monoisotopic (exact) mass is 241 g/mol. The minimum Gasteiger partial charge on any atom is -0.389 e. The molecule has 0 radical (unpaired) electrons. The molecule has 1 N–H and O–H groups in total. The summed E-state index contributed by atoms with van der Waals surface area (Å²) >= 11 is 0. The van der Waals surface area contributed by atoms with Gasteiger partial charge in [-0.1, -0.05) is 0 Å². The molecule has 1 aliphatic heterocycles. The molecule has 5 heteroatoms. The van der Waals surface area contributed by atoms with Crippen molar-refractivity contribution in [1.82, 2.24) is 4.90 Å².